The van der Waals surface area contributed by atoms with E-state index in [-0.39, 0.29) is 18.6 Å². The highest BCUT2D eigenvalue weighted by atomic mass is 16.3. The maximum absolute atomic E-state index is 9.82. The zero-order valence-electron chi connectivity index (χ0n) is 20.2. The highest BCUT2D eigenvalue weighted by Gasteiger charge is 2.17. The number of hydrogen-bond acceptors (Lipinski definition) is 7. The summed E-state index contributed by atoms with van der Waals surface area (Å²) in [6.45, 7) is 9.12. The van der Waals surface area contributed by atoms with Crippen LogP contribution in [0.4, 0.5) is 11.9 Å². The highest BCUT2D eigenvalue weighted by Crippen LogP contribution is 2.23. The van der Waals surface area contributed by atoms with Gasteiger partial charge >= 0.3 is 0 Å². The summed E-state index contributed by atoms with van der Waals surface area (Å²) in [6.07, 6.45) is 4.48. The molecule has 8 nitrogen and oxygen atoms in total. The van der Waals surface area contributed by atoms with Crippen molar-refractivity contribution in [3.63, 3.8) is 0 Å². The summed E-state index contributed by atoms with van der Waals surface area (Å²) in [4.78, 5) is 13.8. The van der Waals surface area contributed by atoms with E-state index in [9.17, 15) is 5.11 Å². The molecule has 0 saturated heterocycles. The topological polar surface area (TPSA) is 100 Å². The van der Waals surface area contributed by atoms with Crippen molar-refractivity contribution in [3.05, 3.63) is 66.0 Å². The van der Waals surface area contributed by atoms with Crippen LogP contribution in [0.5, 0.6) is 0 Å². The van der Waals surface area contributed by atoms with Crippen LogP contribution in [0.15, 0.2) is 54.9 Å². The van der Waals surface area contributed by atoms with Gasteiger partial charge in [0.2, 0.25) is 11.9 Å². The van der Waals surface area contributed by atoms with Gasteiger partial charge < -0.3 is 15.7 Å². The monoisotopic (exact) mass is 459 g/mol. The molecule has 0 spiro atoms. The fourth-order valence-corrected chi connectivity index (χ4v) is 3.92. The molecule has 8 heteroatoms. The van der Waals surface area contributed by atoms with Crippen LogP contribution in [0.25, 0.3) is 16.9 Å². The minimum atomic E-state index is -0.111. The van der Waals surface area contributed by atoms with Crippen molar-refractivity contribution in [3.8, 4) is 11.3 Å². The minimum Gasteiger partial charge on any atom is -0.394 e. The Morgan fingerprint density at radius 3 is 2.44 bits per heavy atom. The van der Waals surface area contributed by atoms with E-state index in [1.54, 1.807) is 10.7 Å². The van der Waals surface area contributed by atoms with Crippen LogP contribution in [0, 0.1) is 5.92 Å². The lowest BCUT2D eigenvalue weighted by Crippen LogP contribution is -2.27. The number of benzene rings is 1. The number of aliphatic hydroxyl groups excluding tert-OH is 1. The fourth-order valence-electron chi connectivity index (χ4n) is 3.92. The third kappa shape index (κ3) is 5.51. The average molecular weight is 460 g/mol. The van der Waals surface area contributed by atoms with Gasteiger partial charge in [-0.1, -0.05) is 58.0 Å². The van der Waals surface area contributed by atoms with Crippen LogP contribution < -0.4 is 10.6 Å². The average Bonchev–Trinajstić information content (AvgIpc) is 3.27. The summed E-state index contributed by atoms with van der Waals surface area (Å²) in [5, 5.41) is 21.1. The summed E-state index contributed by atoms with van der Waals surface area (Å²) in [5.41, 5.74) is 4.96. The second-order valence-corrected chi connectivity index (χ2v) is 9.28. The quantitative estimate of drug-likeness (QED) is 0.315. The van der Waals surface area contributed by atoms with Gasteiger partial charge in [-0.3, -0.25) is 4.98 Å². The van der Waals surface area contributed by atoms with Crippen LogP contribution >= 0.6 is 0 Å². The number of hydrogen-bond donors (Lipinski definition) is 3. The third-order valence-electron chi connectivity index (χ3n) is 5.69. The van der Waals surface area contributed by atoms with Crippen molar-refractivity contribution in [1.29, 1.82) is 0 Å². The molecule has 0 radical (unpaired) electrons. The van der Waals surface area contributed by atoms with Crippen molar-refractivity contribution in [2.75, 3.05) is 17.2 Å². The molecule has 0 aliphatic rings. The minimum absolute atomic E-state index is 0.0222. The second kappa shape index (κ2) is 10.6. The van der Waals surface area contributed by atoms with Crippen molar-refractivity contribution in [2.45, 2.75) is 52.6 Å². The van der Waals surface area contributed by atoms with Gasteiger partial charge in [0, 0.05) is 23.9 Å². The van der Waals surface area contributed by atoms with Gasteiger partial charge in [0.05, 0.1) is 24.5 Å². The number of rotatable bonds is 10. The smallest absolute Gasteiger partial charge is 0.229 e. The molecular weight excluding hydrogens is 426 g/mol. The Morgan fingerprint density at radius 2 is 1.79 bits per heavy atom. The Labute approximate surface area is 200 Å². The molecule has 0 unspecified atom stereocenters. The normalized spacial score (nSPS) is 12.4. The molecular formula is C26H33N7O. The lowest BCUT2D eigenvalue weighted by molar-refractivity contribution is 0.259. The van der Waals surface area contributed by atoms with Gasteiger partial charge in [0.1, 0.15) is 0 Å². The molecule has 3 aromatic heterocycles. The van der Waals surface area contributed by atoms with E-state index in [1.807, 2.05) is 24.4 Å². The van der Waals surface area contributed by atoms with Gasteiger partial charge in [-0.15, -0.1) is 0 Å². The molecule has 34 heavy (non-hydrogen) atoms. The molecule has 3 heterocycles. The van der Waals surface area contributed by atoms with E-state index in [1.165, 1.54) is 0 Å². The summed E-state index contributed by atoms with van der Waals surface area (Å²) < 4.78 is 1.75. The molecule has 0 aliphatic carbocycles. The molecule has 4 rings (SSSR count). The predicted molar refractivity (Wildman–Crippen MR) is 136 cm³/mol. The number of fused-ring (bicyclic) bond motifs is 1. The zero-order chi connectivity index (χ0) is 24.1. The Kier molecular flexibility index (Phi) is 7.37. The molecule has 0 saturated carbocycles. The van der Waals surface area contributed by atoms with Crippen molar-refractivity contribution < 1.29 is 5.11 Å². The Morgan fingerprint density at radius 1 is 1.00 bits per heavy atom. The molecule has 1 atom stereocenters. The molecule has 0 fully saturated rings. The lowest BCUT2D eigenvalue weighted by Gasteiger charge is -2.19. The van der Waals surface area contributed by atoms with Gasteiger partial charge in [0.15, 0.2) is 5.65 Å². The lowest BCUT2D eigenvalue weighted by atomic mass is 10.0. The number of anilines is 2. The van der Waals surface area contributed by atoms with Gasteiger partial charge in [-0.2, -0.15) is 19.6 Å². The summed E-state index contributed by atoms with van der Waals surface area (Å²) in [7, 11) is 0. The molecule has 3 N–H and O–H groups in total. The van der Waals surface area contributed by atoms with E-state index in [2.05, 4.69) is 72.7 Å². The first-order valence-corrected chi connectivity index (χ1v) is 11.8. The van der Waals surface area contributed by atoms with E-state index in [0.29, 0.717) is 24.4 Å². The molecule has 0 amide bonds. The van der Waals surface area contributed by atoms with Crippen LogP contribution in [-0.2, 0) is 6.54 Å². The van der Waals surface area contributed by atoms with Crippen molar-refractivity contribution >= 4 is 17.5 Å². The van der Waals surface area contributed by atoms with E-state index in [0.717, 1.165) is 34.5 Å². The first kappa shape index (κ1) is 23.6. The first-order chi connectivity index (χ1) is 16.4. The number of aliphatic hydroxyl groups is 1. The van der Waals surface area contributed by atoms with Crippen molar-refractivity contribution in [1.82, 2.24) is 24.6 Å². The molecule has 0 bridgehead atoms. The van der Waals surface area contributed by atoms with Crippen LogP contribution in [0.2, 0.25) is 0 Å². The van der Waals surface area contributed by atoms with Crippen LogP contribution in [0.1, 0.15) is 51.2 Å². The largest absolute Gasteiger partial charge is 0.394 e. The predicted octanol–water partition coefficient (Wildman–Crippen LogP) is 4.74. The zero-order valence-corrected chi connectivity index (χ0v) is 20.2. The summed E-state index contributed by atoms with van der Waals surface area (Å²) >= 11 is 0. The maximum atomic E-state index is 9.82. The van der Waals surface area contributed by atoms with Crippen LogP contribution in [0.3, 0.4) is 0 Å². The fraction of sp³-hybridized carbons (Fsp3) is 0.385. The molecule has 178 valence electrons. The number of nitrogens with one attached hydrogen (secondary N) is 2. The Bertz CT molecular complexity index is 1200. The molecule has 0 aliphatic heterocycles. The second-order valence-electron chi connectivity index (χ2n) is 9.28. The standard InChI is InChI=1S/C26H33N7O/c1-17(2)13-21(16-34)30-25-31-24-22(18(3)4)15-29-33(24)26(32-25)28-14-19-8-10-20(11-9-19)23-7-5-6-12-27-23/h5-12,15,17-18,21,34H,13-14,16H2,1-4H3,(H2,28,30,31,32)/t21-/m1/s1. The van der Waals surface area contributed by atoms with E-state index >= 15 is 0 Å². The van der Waals surface area contributed by atoms with Gasteiger partial charge in [-0.25, -0.2) is 0 Å². The van der Waals surface area contributed by atoms with E-state index in [4.69, 9.17) is 9.97 Å². The summed E-state index contributed by atoms with van der Waals surface area (Å²) in [6, 6.07) is 14.1. The number of aromatic nitrogens is 5. The van der Waals surface area contributed by atoms with Gasteiger partial charge in [0.25, 0.3) is 0 Å². The molecule has 1 aromatic carbocycles. The van der Waals surface area contributed by atoms with Crippen LogP contribution in [-0.4, -0.2) is 42.3 Å². The highest BCUT2D eigenvalue weighted by molar-refractivity contribution is 5.59. The summed E-state index contributed by atoms with van der Waals surface area (Å²) in [5.74, 6) is 1.81. The maximum Gasteiger partial charge on any atom is 0.229 e. The van der Waals surface area contributed by atoms with E-state index < -0.39 is 0 Å². The van der Waals surface area contributed by atoms with Gasteiger partial charge in [-0.05, 0) is 36.0 Å². The number of nitrogens with zero attached hydrogens (tertiary/aromatic N) is 5. The number of pyridine rings is 1. The SMILES string of the molecule is CC(C)C[C@H](CO)Nc1nc(NCc2ccc(-c3ccccn3)cc2)n2ncc(C(C)C)c2n1. The molecule has 4 aromatic rings. The third-order valence-corrected chi connectivity index (χ3v) is 5.69. The van der Waals surface area contributed by atoms with Crippen molar-refractivity contribution in [2.24, 2.45) is 5.92 Å². The Hall–Kier alpha value is -3.52. The Balaban J connectivity index is 1.58. The first-order valence-electron chi connectivity index (χ1n) is 11.8.